The van der Waals surface area contributed by atoms with Gasteiger partial charge in [0.25, 0.3) is 0 Å². The van der Waals surface area contributed by atoms with Crippen LogP contribution in [0.3, 0.4) is 0 Å². The summed E-state index contributed by atoms with van der Waals surface area (Å²) in [5, 5.41) is 3.18. The van der Waals surface area contributed by atoms with Crippen LogP contribution in [0.15, 0.2) is 18.2 Å². The quantitative estimate of drug-likeness (QED) is 0.585. The molecule has 5 nitrogen and oxygen atoms in total. The molecule has 0 aliphatic rings. The van der Waals surface area contributed by atoms with Crippen molar-refractivity contribution in [2.75, 3.05) is 30.8 Å². The Morgan fingerprint density at radius 2 is 2.11 bits per heavy atom. The van der Waals surface area contributed by atoms with E-state index in [-0.39, 0.29) is 6.10 Å². The molecule has 0 amide bonds. The zero-order chi connectivity index (χ0) is 14.3. The summed E-state index contributed by atoms with van der Waals surface area (Å²) in [6, 6.07) is 5.26. The van der Waals surface area contributed by atoms with E-state index in [1.54, 1.807) is 19.1 Å². The number of nitrogen functional groups attached to an aromatic ring is 1. The fourth-order valence-electron chi connectivity index (χ4n) is 1.70. The molecule has 0 saturated carbocycles. The van der Waals surface area contributed by atoms with Crippen LogP contribution in [0, 0.1) is 0 Å². The van der Waals surface area contributed by atoms with Gasteiger partial charge in [-0.05, 0) is 32.9 Å². The van der Waals surface area contributed by atoms with Gasteiger partial charge in [0.1, 0.15) is 0 Å². The highest BCUT2D eigenvalue weighted by Gasteiger charge is 2.13. The van der Waals surface area contributed by atoms with Gasteiger partial charge in [0, 0.05) is 13.2 Å². The maximum atomic E-state index is 11.7. The molecule has 0 bridgehead atoms. The molecule has 3 N–H and O–H groups in total. The van der Waals surface area contributed by atoms with Crippen LogP contribution in [-0.2, 0) is 9.47 Å². The van der Waals surface area contributed by atoms with E-state index < -0.39 is 5.97 Å². The summed E-state index contributed by atoms with van der Waals surface area (Å²) < 4.78 is 10.4. The third kappa shape index (κ3) is 4.44. The summed E-state index contributed by atoms with van der Waals surface area (Å²) in [6.45, 7) is 7.32. The third-order valence-electron chi connectivity index (χ3n) is 2.63. The van der Waals surface area contributed by atoms with Gasteiger partial charge in [-0.2, -0.15) is 0 Å². The molecule has 1 aromatic carbocycles. The average Bonchev–Trinajstić information content (AvgIpc) is 2.38. The van der Waals surface area contributed by atoms with Crippen molar-refractivity contribution in [1.82, 2.24) is 0 Å². The molecule has 0 radical (unpaired) electrons. The van der Waals surface area contributed by atoms with Gasteiger partial charge >= 0.3 is 5.97 Å². The number of ether oxygens (including phenoxy) is 2. The van der Waals surface area contributed by atoms with Crippen molar-refractivity contribution in [3.63, 3.8) is 0 Å². The first-order chi connectivity index (χ1) is 9.10. The summed E-state index contributed by atoms with van der Waals surface area (Å²) in [5.74, 6) is -0.401. The number of rotatable bonds is 7. The summed E-state index contributed by atoms with van der Waals surface area (Å²) >= 11 is 0. The Balaban J connectivity index is 2.74. The maximum absolute atomic E-state index is 11.7. The molecule has 1 unspecified atom stereocenters. The van der Waals surface area contributed by atoms with Gasteiger partial charge in [-0.1, -0.05) is 6.07 Å². The van der Waals surface area contributed by atoms with Crippen molar-refractivity contribution in [2.45, 2.75) is 26.9 Å². The van der Waals surface area contributed by atoms with Gasteiger partial charge in [-0.25, -0.2) is 4.79 Å². The van der Waals surface area contributed by atoms with Gasteiger partial charge in [-0.15, -0.1) is 0 Å². The highest BCUT2D eigenvalue weighted by molar-refractivity contribution is 5.98. The topological polar surface area (TPSA) is 73.6 Å². The SMILES string of the molecule is CCOC(=O)c1cccc(NCC(C)OCC)c1N. The van der Waals surface area contributed by atoms with Gasteiger partial charge in [-0.3, -0.25) is 0 Å². The van der Waals surface area contributed by atoms with E-state index in [1.165, 1.54) is 0 Å². The largest absolute Gasteiger partial charge is 0.462 e. The molecule has 0 aliphatic heterocycles. The second kappa shape index (κ2) is 7.63. The molecule has 5 heteroatoms. The molecule has 106 valence electrons. The van der Waals surface area contributed by atoms with Gasteiger partial charge in [0.05, 0.1) is 29.6 Å². The van der Waals surface area contributed by atoms with Crippen LogP contribution in [-0.4, -0.2) is 31.8 Å². The lowest BCUT2D eigenvalue weighted by Gasteiger charge is -2.16. The molecule has 1 atom stereocenters. The Hall–Kier alpha value is -1.75. The number of para-hydroxylation sites is 1. The molecular weight excluding hydrogens is 244 g/mol. The van der Waals surface area contributed by atoms with Crippen LogP contribution in [0.25, 0.3) is 0 Å². The van der Waals surface area contributed by atoms with Crippen molar-refractivity contribution >= 4 is 17.3 Å². The molecule has 0 aliphatic carbocycles. The van der Waals surface area contributed by atoms with Crippen LogP contribution in [0.2, 0.25) is 0 Å². The van der Waals surface area contributed by atoms with E-state index in [2.05, 4.69) is 5.32 Å². The first-order valence-corrected chi connectivity index (χ1v) is 6.51. The number of hydrogen-bond acceptors (Lipinski definition) is 5. The normalized spacial score (nSPS) is 11.9. The second-order valence-electron chi connectivity index (χ2n) is 4.13. The Labute approximate surface area is 114 Å². The van der Waals surface area contributed by atoms with Crippen molar-refractivity contribution in [1.29, 1.82) is 0 Å². The van der Waals surface area contributed by atoms with Crippen molar-refractivity contribution in [2.24, 2.45) is 0 Å². The van der Waals surface area contributed by atoms with E-state index in [0.29, 0.717) is 31.0 Å². The Morgan fingerprint density at radius 3 is 2.74 bits per heavy atom. The molecule has 1 rings (SSSR count). The minimum Gasteiger partial charge on any atom is -0.462 e. The standard InChI is InChI=1S/C14H22N2O3/c1-4-18-10(3)9-16-12-8-6-7-11(13(12)15)14(17)19-5-2/h6-8,10,16H,4-5,9,15H2,1-3H3. The van der Waals surface area contributed by atoms with E-state index in [0.717, 1.165) is 5.69 Å². The molecule has 19 heavy (non-hydrogen) atoms. The molecule has 0 aromatic heterocycles. The fraction of sp³-hybridized carbons (Fsp3) is 0.500. The van der Waals surface area contributed by atoms with Crippen LogP contribution >= 0.6 is 0 Å². The highest BCUT2D eigenvalue weighted by atomic mass is 16.5. The van der Waals surface area contributed by atoms with E-state index >= 15 is 0 Å². The van der Waals surface area contributed by atoms with E-state index in [4.69, 9.17) is 15.2 Å². The number of carbonyl (C=O) groups is 1. The summed E-state index contributed by atoms with van der Waals surface area (Å²) in [7, 11) is 0. The number of hydrogen-bond donors (Lipinski definition) is 2. The van der Waals surface area contributed by atoms with Gasteiger partial charge in [0.15, 0.2) is 0 Å². The van der Waals surface area contributed by atoms with Crippen LogP contribution in [0.4, 0.5) is 11.4 Å². The number of nitrogens with two attached hydrogens (primary N) is 1. The second-order valence-corrected chi connectivity index (χ2v) is 4.13. The minimum atomic E-state index is -0.401. The predicted octanol–water partition coefficient (Wildman–Crippen LogP) is 2.28. The first kappa shape index (κ1) is 15.3. The van der Waals surface area contributed by atoms with Crippen LogP contribution in [0.5, 0.6) is 0 Å². The van der Waals surface area contributed by atoms with E-state index in [1.807, 2.05) is 19.9 Å². The molecule has 0 fully saturated rings. The molecule has 0 saturated heterocycles. The lowest BCUT2D eigenvalue weighted by atomic mass is 10.1. The van der Waals surface area contributed by atoms with Crippen LogP contribution in [0.1, 0.15) is 31.1 Å². The van der Waals surface area contributed by atoms with Gasteiger partial charge in [0.2, 0.25) is 0 Å². The van der Waals surface area contributed by atoms with Crippen molar-refractivity contribution in [3.8, 4) is 0 Å². The van der Waals surface area contributed by atoms with Crippen molar-refractivity contribution < 1.29 is 14.3 Å². The zero-order valence-corrected chi connectivity index (χ0v) is 11.7. The molecule has 0 spiro atoms. The number of carbonyl (C=O) groups excluding carboxylic acids is 1. The molecular formula is C14H22N2O3. The Kier molecular flexibility index (Phi) is 6.15. The highest BCUT2D eigenvalue weighted by Crippen LogP contribution is 2.23. The lowest BCUT2D eigenvalue weighted by molar-refractivity contribution is 0.0527. The molecule has 0 heterocycles. The smallest absolute Gasteiger partial charge is 0.340 e. The number of nitrogens with one attached hydrogen (secondary N) is 1. The Bertz CT molecular complexity index is 421. The van der Waals surface area contributed by atoms with E-state index in [9.17, 15) is 4.79 Å². The average molecular weight is 266 g/mol. The van der Waals surface area contributed by atoms with Crippen molar-refractivity contribution in [3.05, 3.63) is 23.8 Å². The molecule has 1 aromatic rings. The minimum absolute atomic E-state index is 0.0793. The lowest BCUT2D eigenvalue weighted by Crippen LogP contribution is -2.20. The predicted molar refractivity (Wildman–Crippen MR) is 76.4 cm³/mol. The number of benzene rings is 1. The first-order valence-electron chi connectivity index (χ1n) is 6.51. The summed E-state index contributed by atoms with van der Waals surface area (Å²) in [5.41, 5.74) is 7.48. The maximum Gasteiger partial charge on any atom is 0.340 e. The van der Waals surface area contributed by atoms with Crippen LogP contribution < -0.4 is 11.1 Å². The monoisotopic (exact) mass is 266 g/mol. The summed E-state index contributed by atoms with van der Waals surface area (Å²) in [4.78, 5) is 11.7. The number of anilines is 2. The summed E-state index contributed by atoms with van der Waals surface area (Å²) in [6.07, 6.45) is 0.0793. The third-order valence-corrected chi connectivity index (χ3v) is 2.63. The number of esters is 1. The van der Waals surface area contributed by atoms with Gasteiger partial charge < -0.3 is 20.5 Å². The zero-order valence-electron chi connectivity index (χ0n) is 11.7. The fourth-order valence-corrected chi connectivity index (χ4v) is 1.70. The Morgan fingerprint density at radius 1 is 1.37 bits per heavy atom.